The first-order valence-corrected chi connectivity index (χ1v) is 17.0. The van der Waals surface area contributed by atoms with Gasteiger partial charge in [0.1, 0.15) is 30.2 Å². The molecule has 2 aliphatic rings. The van der Waals surface area contributed by atoms with Crippen molar-refractivity contribution in [3.63, 3.8) is 0 Å². The molecule has 3 unspecified atom stereocenters. The van der Waals surface area contributed by atoms with Gasteiger partial charge in [0, 0.05) is 18.7 Å². The molecule has 6 heterocycles. The van der Waals surface area contributed by atoms with Crippen LogP contribution in [0.15, 0.2) is 23.4 Å². The SMILES string of the molecule is CC(C)C(=O)Nc1nc2c(ncn2[C@@H]2OC3COPOCCn4c(nc5cc(Cl)cnc54)COP(O)(=S)O[C@@H]2[C@@H]3F)c(=O)[nH]1. The van der Waals surface area contributed by atoms with E-state index in [2.05, 4.69) is 30.2 Å². The minimum Gasteiger partial charge on any atom is -0.346 e. The van der Waals surface area contributed by atoms with Crippen LogP contribution in [0.2, 0.25) is 5.02 Å². The average Bonchev–Trinajstić information content (AvgIpc) is 3.62. The van der Waals surface area contributed by atoms with Crippen molar-refractivity contribution < 1.29 is 36.9 Å². The normalized spacial score (nSPS) is 27.4. The van der Waals surface area contributed by atoms with Gasteiger partial charge in [-0.15, -0.1) is 0 Å². The number of hydrogen-bond donors (Lipinski definition) is 3. The fourth-order valence-corrected chi connectivity index (χ4v) is 6.60. The van der Waals surface area contributed by atoms with Gasteiger partial charge in [0.05, 0.1) is 24.6 Å². The molecule has 6 rings (SSSR count). The van der Waals surface area contributed by atoms with E-state index in [9.17, 15) is 14.5 Å². The minimum atomic E-state index is -4.15. The van der Waals surface area contributed by atoms with Crippen molar-refractivity contribution in [3.8, 4) is 0 Å². The summed E-state index contributed by atoms with van der Waals surface area (Å²) in [4.78, 5) is 55.7. The number of H-pyrrole nitrogens is 1. The molecule has 3 N–H and O–H groups in total. The van der Waals surface area contributed by atoms with E-state index in [1.165, 1.54) is 17.1 Å². The number of amides is 1. The van der Waals surface area contributed by atoms with Crippen LogP contribution in [0.25, 0.3) is 22.3 Å². The maximum atomic E-state index is 15.9. The number of anilines is 1. The van der Waals surface area contributed by atoms with E-state index in [-0.39, 0.29) is 42.8 Å². The smallest absolute Gasteiger partial charge is 0.325 e. The van der Waals surface area contributed by atoms with Crippen molar-refractivity contribution in [2.24, 2.45) is 5.92 Å². The molecule has 0 saturated carbocycles. The zero-order valence-corrected chi connectivity index (χ0v) is 26.5. The zero-order chi connectivity index (χ0) is 31.2. The maximum Gasteiger partial charge on any atom is 0.325 e. The first-order valence-electron chi connectivity index (χ1n) is 13.2. The van der Waals surface area contributed by atoms with E-state index in [1.54, 1.807) is 24.5 Å². The molecular weight excluding hydrogens is 665 g/mol. The Morgan fingerprint density at radius 3 is 2.93 bits per heavy atom. The average molecular weight is 691 g/mol. The Hall–Kier alpha value is -2.50. The lowest BCUT2D eigenvalue weighted by Crippen LogP contribution is -2.32. The molecular formula is C23H26ClFN8O8P2S. The number of rotatable bonds is 3. The topological polar surface area (TPSA) is 190 Å². The number of nitrogens with one attached hydrogen (secondary N) is 2. The standard InChI is InChI=1S/C23H26ClFN8O8P2S/c1-10(2)20(34)30-23-29-19-16(21(35)31-23)27-9-33(19)22-17-15(25)13(40-22)7-38-42-37-4-3-32-14(8-39-43(36,44)41-17)28-12-5-11(24)6-26-18(12)32/h5-6,9-10,13,15,17,22,42H,3-4,7-8H2,1-2H3,(H,36,44)(H2,29,30,31,34,35)/t13?,15-,17-,22-,43?/m1/s1. The van der Waals surface area contributed by atoms with Gasteiger partial charge in [-0.1, -0.05) is 25.4 Å². The Balaban J connectivity index is 1.33. The Labute approximate surface area is 259 Å². The monoisotopic (exact) mass is 690 g/mol. The fourth-order valence-electron chi connectivity index (χ4n) is 4.64. The summed E-state index contributed by atoms with van der Waals surface area (Å²) in [6.45, 7) is -0.840. The van der Waals surface area contributed by atoms with E-state index >= 15 is 4.39 Å². The number of nitrogens with zero attached hydrogens (tertiary/aromatic N) is 6. The molecule has 2 bridgehead atoms. The second-order valence-electron chi connectivity index (χ2n) is 10.1. The van der Waals surface area contributed by atoms with Crippen molar-refractivity contribution in [2.45, 2.75) is 51.6 Å². The fraction of sp³-hybridized carbons (Fsp3) is 0.478. The summed E-state index contributed by atoms with van der Waals surface area (Å²) in [5, 5.41) is 2.90. The highest BCUT2D eigenvalue weighted by molar-refractivity contribution is 8.07. The molecule has 4 aromatic heterocycles. The van der Waals surface area contributed by atoms with Crippen molar-refractivity contribution in [3.05, 3.63) is 39.8 Å². The number of halogens is 2. The molecule has 16 nitrogen and oxygen atoms in total. The Morgan fingerprint density at radius 2 is 2.14 bits per heavy atom. The molecule has 2 aliphatic heterocycles. The molecule has 1 saturated heterocycles. The van der Waals surface area contributed by atoms with Gasteiger partial charge in [0.25, 0.3) is 5.56 Å². The largest absolute Gasteiger partial charge is 0.346 e. The molecule has 4 aromatic rings. The van der Waals surface area contributed by atoms with Crippen LogP contribution in [0.5, 0.6) is 0 Å². The number of ether oxygens (including phenoxy) is 1. The molecule has 44 heavy (non-hydrogen) atoms. The summed E-state index contributed by atoms with van der Waals surface area (Å²) >= 11 is 11.4. The Kier molecular flexibility index (Phi) is 9.10. The number of aromatic amines is 1. The van der Waals surface area contributed by atoms with Gasteiger partial charge < -0.3 is 27.8 Å². The number of pyridine rings is 1. The van der Waals surface area contributed by atoms with Gasteiger partial charge in [0.15, 0.2) is 38.2 Å². The number of alkyl halides is 1. The van der Waals surface area contributed by atoms with Gasteiger partial charge in [-0.3, -0.25) is 29.0 Å². The van der Waals surface area contributed by atoms with Gasteiger partial charge in [-0.05, 0) is 17.9 Å². The van der Waals surface area contributed by atoms with Crippen molar-refractivity contribution >= 4 is 73.3 Å². The lowest BCUT2D eigenvalue weighted by atomic mass is 10.1. The molecule has 1 amide bonds. The lowest BCUT2D eigenvalue weighted by Gasteiger charge is -2.25. The van der Waals surface area contributed by atoms with E-state index in [1.807, 2.05) is 0 Å². The first-order chi connectivity index (χ1) is 21.0. The van der Waals surface area contributed by atoms with Gasteiger partial charge in [0.2, 0.25) is 11.9 Å². The summed E-state index contributed by atoms with van der Waals surface area (Å²) in [5.74, 6) is -0.579. The van der Waals surface area contributed by atoms with E-state index < -0.39 is 51.8 Å². The summed E-state index contributed by atoms with van der Waals surface area (Å²) in [7, 11) is -0.454. The minimum absolute atomic E-state index is 0.0353. The number of aromatic nitrogens is 7. The molecule has 1 fully saturated rings. The summed E-state index contributed by atoms with van der Waals surface area (Å²) < 4.78 is 47.4. The van der Waals surface area contributed by atoms with Crippen LogP contribution in [0.1, 0.15) is 25.9 Å². The third kappa shape index (κ3) is 6.42. The predicted octanol–water partition coefficient (Wildman–Crippen LogP) is 2.72. The predicted molar refractivity (Wildman–Crippen MR) is 159 cm³/mol. The number of imidazole rings is 2. The quantitative estimate of drug-likeness (QED) is 0.266. The Morgan fingerprint density at radius 1 is 1.32 bits per heavy atom. The van der Waals surface area contributed by atoms with Crippen molar-refractivity contribution in [1.29, 1.82) is 0 Å². The highest BCUT2D eigenvalue weighted by Crippen LogP contribution is 2.51. The van der Waals surface area contributed by atoms with E-state index in [0.29, 0.717) is 28.6 Å². The second-order valence-corrected chi connectivity index (χ2v) is 14.1. The lowest BCUT2D eigenvalue weighted by molar-refractivity contribution is -0.118. The van der Waals surface area contributed by atoms with Crippen LogP contribution in [0.4, 0.5) is 10.3 Å². The van der Waals surface area contributed by atoms with E-state index in [0.717, 1.165) is 0 Å². The number of carbonyl (C=O) groups is 1. The summed E-state index contributed by atoms with van der Waals surface area (Å²) in [5.41, 5.74) is 0.202. The second kappa shape index (κ2) is 12.7. The van der Waals surface area contributed by atoms with Crippen LogP contribution >= 0.6 is 27.4 Å². The van der Waals surface area contributed by atoms with Crippen LogP contribution < -0.4 is 10.9 Å². The zero-order valence-electron chi connectivity index (χ0n) is 23.0. The van der Waals surface area contributed by atoms with Gasteiger partial charge in [-0.2, -0.15) is 4.98 Å². The number of fused-ring (bicyclic) bond motifs is 6. The number of carbonyl (C=O) groups excluding carboxylic acids is 1. The molecule has 0 aliphatic carbocycles. The third-order valence-electron chi connectivity index (χ3n) is 6.76. The summed E-state index contributed by atoms with van der Waals surface area (Å²) in [6, 6.07) is 1.63. The molecule has 0 spiro atoms. The third-order valence-corrected chi connectivity index (χ3v) is 9.11. The molecule has 236 valence electrons. The van der Waals surface area contributed by atoms with E-state index in [4.69, 9.17) is 46.2 Å². The highest BCUT2D eigenvalue weighted by atomic mass is 35.5. The van der Waals surface area contributed by atoms with Gasteiger partial charge >= 0.3 is 6.72 Å². The van der Waals surface area contributed by atoms with Crippen LogP contribution in [-0.2, 0) is 52.6 Å². The van der Waals surface area contributed by atoms with Crippen molar-refractivity contribution in [1.82, 2.24) is 34.1 Å². The first kappa shape index (κ1) is 31.5. The molecule has 6 atom stereocenters. The van der Waals surface area contributed by atoms with Crippen LogP contribution in [0, 0.1) is 5.92 Å². The molecule has 0 radical (unpaired) electrons. The maximum absolute atomic E-state index is 15.9. The highest BCUT2D eigenvalue weighted by Gasteiger charge is 2.50. The summed E-state index contributed by atoms with van der Waals surface area (Å²) in [6.07, 6.45) is -3.23. The van der Waals surface area contributed by atoms with Gasteiger partial charge in [-0.25, -0.2) is 19.3 Å². The molecule has 21 heteroatoms. The van der Waals surface area contributed by atoms with Crippen molar-refractivity contribution in [2.75, 3.05) is 18.5 Å². The number of hydrogen-bond acceptors (Lipinski definition) is 12. The van der Waals surface area contributed by atoms with Crippen LogP contribution in [0.3, 0.4) is 0 Å². The van der Waals surface area contributed by atoms with Crippen LogP contribution in [-0.4, -0.2) is 76.4 Å². The molecule has 0 aromatic carbocycles. The Bertz CT molecular complexity index is 1820.